The predicted octanol–water partition coefficient (Wildman–Crippen LogP) is 2.68. The number of halogens is 1. The molecule has 9 heteroatoms. The van der Waals surface area contributed by atoms with Crippen LogP contribution in [0.4, 0.5) is 11.5 Å². The van der Waals surface area contributed by atoms with Crippen molar-refractivity contribution >= 4 is 46.7 Å². The van der Waals surface area contributed by atoms with Gasteiger partial charge in [0.25, 0.3) is 5.91 Å². The Balaban J connectivity index is 1.27. The second-order valence-electron chi connectivity index (χ2n) is 7.63. The molecule has 2 aromatic rings. The molecule has 0 aliphatic carbocycles. The Hall–Kier alpha value is -2.29. The average Bonchev–Trinajstić information content (AvgIpc) is 2.80. The highest BCUT2D eigenvalue weighted by molar-refractivity contribution is 7.99. The molecule has 0 saturated carbocycles. The summed E-state index contributed by atoms with van der Waals surface area (Å²) >= 11 is 7.78. The van der Waals surface area contributed by atoms with Gasteiger partial charge in [0.05, 0.1) is 11.6 Å². The van der Waals surface area contributed by atoms with Crippen LogP contribution in [0.1, 0.15) is 10.4 Å². The van der Waals surface area contributed by atoms with Crippen molar-refractivity contribution in [2.45, 2.75) is 0 Å². The Morgan fingerprint density at radius 1 is 1.03 bits per heavy atom. The third-order valence-electron chi connectivity index (χ3n) is 5.47. The first-order valence-electron chi connectivity index (χ1n) is 10.4. The number of pyridine rings is 1. The summed E-state index contributed by atoms with van der Waals surface area (Å²) in [6.45, 7) is 5.05. The van der Waals surface area contributed by atoms with Crippen molar-refractivity contribution in [3.05, 3.63) is 53.2 Å². The number of hydrogen-bond acceptors (Lipinski definition) is 6. The van der Waals surface area contributed by atoms with Gasteiger partial charge >= 0.3 is 0 Å². The summed E-state index contributed by atoms with van der Waals surface area (Å²) in [6.07, 6.45) is 1.65. The molecule has 0 spiro atoms. The topological polar surface area (TPSA) is 68.8 Å². The van der Waals surface area contributed by atoms with Gasteiger partial charge in [-0.25, -0.2) is 4.98 Å². The van der Waals surface area contributed by atoms with Gasteiger partial charge in [0, 0.05) is 68.2 Å². The number of carbonyl (C=O) groups is 2. The highest BCUT2D eigenvalue weighted by Gasteiger charge is 2.21. The number of hydrogen-bond donors (Lipinski definition) is 1. The Morgan fingerprint density at radius 2 is 1.81 bits per heavy atom. The molecule has 7 nitrogen and oxygen atoms in total. The van der Waals surface area contributed by atoms with Crippen LogP contribution in [-0.2, 0) is 4.79 Å². The van der Waals surface area contributed by atoms with E-state index in [0.717, 1.165) is 56.6 Å². The van der Waals surface area contributed by atoms with Crippen molar-refractivity contribution < 1.29 is 9.59 Å². The molecule has 4 rings (SSSR count). The number of anilines is 2. The van der Waals surface area contributed by atoms with Gasteiger partial charge in [-0.1, -0.05) is 17.7 Å². The molecule has 2 fully saturated rings. The largest absolute Gasteiger partial charge is 0.354 e. The SMILES string of the molecule is O=C(CN1CCN(c2ccc(Cl)cn2)CC1)Nc1cccc(C(=O)N2CCSCC2)c1. The molecule has 31 heavy (non-hydrogen) atoms. The lowest BCUT2D eigenvalue weighted by atomic mass is 10.1. The van der Waals surface area contributed by atoms with Crippen molar-refractivity contribution in [3.8, 4) is 0 Å². The number of carbonyl (C=O) groups excluding carboxylic acids is 2. The number of nitrogens with zero attached hydrogens (tertiary/aromatic N) is 4. The van der Waals surface area contributed by atoms with Crippen molar-refractivity contribution in [1.82, 2.24) is 14.8 Å². The van der Waals surface area contributed by atoms with Gasteiger partial charge in [-0.3, -0.25) is 14.5 Å². The zero-order valence-electron chi connectivity index (χ0n) is 17.3. The van der Waals surface area contributed by atoms with Crippen molar-refractivity contribution in [2.24, 2.45) is 0 Å². The van der Waals surface area contributed by atoms with Gasteiger partial charge in [0.15, 0.2) is 0 Å². The summed E-state index contributed by atoms with van der Waals surface area (Å²) in [5.74, 6) is 2.81. The van der Waals surface area contributed by atoms with E-state index in [1.807, 2.05) is 47.0 Å². The van der Waals surface area contributed by atoms with E-state index in [9.17, 15) is 9.59 Å². The predicted molar refractivity (Wildman–Crippen MR) is 126 cm³/mol. The van der Waals surface area contributed by atoms with Crippen LogP contribution in [0.25, 0.3) is 0 Å². The van der Waals surface area contributed by atoms with E-state index in [1.54, 1.807) is 12.3 Å². The number of piperazine rings is 1. The fraction of sp³-hybridized carbons (Fsp3) is 0.409. The standard InChI is InChI=1S/C22H26ClN5O2S/c23-18-4-5-20(24-15-18)27-8-6-26(7-9-27)16-21(29)25-19-3-1-2-17(14-19)22(30)28-10-12-31-13-11-28/h1-5,14-15H,6-13,16H2,(H,25,29). The van der Waals surface area contributed by atoms with Crippen LogP contribution in [0.15, 0.2) is 42.6 Å². The first kappa shape index (κ1) is 21.9. The number of aromatic nitrogens is 1. The van der Waals surface area contributed by atoms with E-state index >= 15 is 0 Å². The summed E-state index contributed by atoms with van der Waals surface area (Å²) in [7, 11) is 0. The van der Waals surface area contributed by atoms with Crippen molar-refractivity contribution in [1.29, 1.82) is 0 Å². The zero-order valence-corrected chi connectivity index (χ0v) is 18.9. The zero-order chi connectivity index (χ0) is 21.6. The Kier molecular flexibility index (Phi) is 7.32. The molecule has 2 aliphatic heterocycles. The van der Waals surface area contributed by atoms with Crippen LogP contribution in [0.5, 0.6) is 0 Å². The minimum absolute atomic E-state index is 0.0309. The van der Waals surface area contributed by atoms with E-state index in [-0.39, 0.29) is 11.8 Å². The normalized spacial score (nSPS) is 17.5. The van der Waals surface area contributed by atoms with E-state index < -0.39 is 0 Å². The van der Waals surface area contributed by atoms with Gasteiger partial charge in [-0.15, -0.1) is 0 Å². The van der Waals surface area contributed by atoms with E-state index in [1.165, 1.54) is 0 Å². The van der Waals surface area contributed by atoms with Gasteiger partial charge < -0.3 is 15.1 Å². The molecule has 2 amide bonds. The fourth-order valence-electron chi connectivity index (χ4n) is 3.77. The Morgan fingerprint density at radius 3 is 2.52 bits per heavy atom. The van der Waals surface area contributed by atoms with Crippen LogP contribution in [0, 0.1) is 0 Å². The first-order chi connectivity index (χ1) is 15.1. The molecule has 3 heterocycles. The smallest absolute Gasteiger partial charge is 0.253 e. The highest BCUT2D eigenvalue weighted by Crippen LogP contribution is 2.18. The summed E-state index contributed by atoms with van der Waals surface area (Å²) in [4.78, 5) is 35.8. The lowest BCUT2D eigenvalue weighted by molar-refractivity contribution is -0.117. The van der Waals surface area contributed by atoms with Crippen LogP contribution < -0.4 is 10.2 Å². The van der Waals surface area contributed by atoms with Crippen LogP contribution in [-0.4, -0.2) is 83.9 Å². The molecule has 1 N–H and O–H groups in total. The summed E-state index contributed by atoms with van der Waals surface area (Å²) in [5.41, 5.74) is 1.28. The number of thioether (sulfide) groups is 1. The highest BCUT2D eigenvalue weighted by atomic mass is 35.5. The second-order valence-corrected chi connectivity index (χ2v) is 9.29. The van der Waals surface area contributed by atoms with Crippen LogP contribution in [0.3, 0.4) is 0 Å². The maximum absolute atomic E-state index is 12.7. The molecule has 1 aromatic heterocycles. The number of rotatable bonds is 5. The maximum Gasteiger partial charge on any atom is 0.253 e. The molecule has 1 aromatic carbocycles. The van der Waals surface area contributed by atoms with Gasteiger partial charge in [0.1, 0.15) is 5.82 Å². The molecule has 0 radical (unpaired) electrons. The second kappa shape index (κ2) is 10.3. The molecule has 2 saturated heterocycles. The van der Waals surface area contributed by atoms with Gasteiger partial charge in [-0.2, -0.15) is 11.8 Å². The molecule has 0 atom stereocenters. The molecular weight excluding hydrogens is 434 g/mol. The minimum Gasteiger partial charge on any atom is -0.354 e. The average molecular weight is 460 g/mol. The molecule has 0 bridgehead atoms. The molecule has 164 valence electrons. The molecule has 2 aliphatic rings. The lowest BCUT2D eigenvalue weighted by Crippen LogP contribution is -2.48. The summed E-state index contributed by atoms with van der Waals surface area (Å²) in [5, 5.41) is 3.57. The monoisotopic (exact) mass is 459 g/mol. The summed E-state index contributed by atoms with van der Waals surface area (Å²) in [6, 6.07) is 11.0. The Labute approximate surface area is 191 Å². The maximum atomic E-state index is 12.7. The number of nitrogens with one attached hydrogen (secondary N) is 1. The number of benzene rings is 1. The lowest BCUT2D eigenvalue weighted by Gasteiger charge is -2.35. The van der Waals surface area contributed by atoms with E-state index in [0.29, 0.717) is 22.8 Å². The third-order valence-corrected chi connectivity index (χ3v) is 6.63. The van der Waals surface area contributed by atoms with Gasteiger partial charge in [0.2, 0.25) is 5.91 Å². The van der Waals surface area contributed by atoms with Crippen molar-refractivity contribution in [3.63, 3.8) is 0 Å². The fourth-order valence-corrected chi connectivity index (χ4v) is 4.79. The van der Waals surface area contributed by atoms with Crippen molar-refractivity contribution in [2.75, 3.05) is 67.5 Å². The van der Waals surface area contributed by atoms with E-state index in [2.05, 4.69) is 20.1 Å². The first-order valence-corrected chi connectivity index (χ1v) is 12.0. The van der Waals surface area contributed by atoms with Crippen LogP contribution in [0.2, 0.25) is 5.02 Å². The Bertz CT molecular complexity index is 912. The molecular formula is C22H26ClN5O2S. The summed E-state index contributed by atoms with van der Waals surface area (Å²) < 4.78 is 0. The number of amides is 2. The minimum atomic E-state index is -0.0722. The quantitative estimate of drug-likeness (QED) is 0.741. The van der Waals surface area contributed by atoms with Crippen LogP contribution >= 0.6 is 23.4 Å². The van der Waals surface area contributed by atoms with Gasteiger partial charge in [-0.05, 0) is 30.3 Å². The third kappa shape index (κ3) is 5.90. The van der Waals surface area contributed by atoms with E-state index in [4.69, 9.17) is 11.6 Å². The molecule has 0 unspecified atom stereocenters.